The maximum atomic E-state index is 3.72. The van der Waals surface area contributed by atoms with Crippen LogP contribution in [0.3, 0.4) is 0 Å². The van der Waals surface area contributed by atoms with E-state index in [1.165, 1.54) is 32.4 Å². The summed E-state index contributed by atoms with van der Waals surface area (Å²) in [5.41, 5.74) is 0. The normalized spacial score (nSPS) is 36.0. The lowest BCUT2D eigenvalue weighted by atomic mass is 10.1. The van der Waals surface area contributed by atoms with Crippen LogP contribution in [0.25, 0.3) is 0 Å². The van der Waals surface area contributed by atoms with Gasteiger partial charge >= 0.3 is 0 Å². The fraction of sp³-hybridized carbons (Fsp3) is 1.00. The lowest BCUT2D eigenvalue weighted by Gasteiger charge is -2.32. The number of rotatable bonds is 2. The molecule has 2 heteroatoms. The highest BCUT2D eigenvalue weighted by molar-refractivity contribution is 4.92. The highest BCUT2D eigenvalue weighted by Crippen LogP contribution is 2.34. The van der Waals surface area contributed by atoms with E-state index in [-0.39, 0.29) is 0 Å². The van der Waals surface area contributed by atoms with E-state index in [0.717, 1.165) is 18.0 Å². The third-order valence-electron chi connectivity index (χ3n) is 3.80. The number of nitrogens with one attached hydrogen (secondary N) is 1. The maximum absolute atomic E-state index is 3.72. The van der Waals surface area contributed by atoms with Gasteiger partial charge in [-0.05, 0) is 52.5 Å². The van der Waals surface area contributed by atoms with Gasteiger partial charge in [0.05, 0.1) is 0 Å². The van der Waals surface area contributed by atoms with Crippen molar-refractivity contribution in [3.8, 4) is 0 Å². The van der Waals surface area contributed by atoms with Crippen molar-refractivity contribution in [2.24, 2.45) is 5.92 Å². The molecule has 82 valence electrons. The second kappa shape index (κ2) is 4.19. The Labute approximate surface area is 88.1 Å². The van der Waals surface area contributed by atoms with E-state index in [0.29, 0.717) is 6.04 Å². The van der Waals surface area contributed by atoms with Gasteiger partial charge in [-0.3, -0.25) is 4.90 Å². The number of hydrogen-bond acceptors (Lipinski definition) is 2. The van der Waals surface area contributed by atoms with Crippen LogP contribution in [0.2, 0.25) is 0 Å². The Bertz CT molecular complexity index is 187. The third kappa shape index (κ3) is 2.29. The Morgan fingerprint density at radius 1 is 1.21 bits per heavy atom. The first-order valence-corrected chi connectivity index (χ1v) is 6.17. The summed E-state index contributed by atoms with van der Waals surface area (Å²) in [5, 5.41) is 3.72. The Balaban J connectivity index is 1.97. The standard InChI is InChI=1S/C12H24N2/c1-9(2)14-8-12(11-4-5-11)13-7-6-10(14)3/h9-13H,4-8H2,1-3H3. The quantitative estimate of drug-likeness (QED) is 0.725. The van der Waals surface area contributed by atoms with E-state index in [2.05, 4.69) is 31.0 Å². The van der Waals surface area contributed by atoms with Crippen LogP contribution in [0.5, 0.6) is 0 Å². The molecule has 0 aromatic heterocycles. The van der Waals surface area contributed by atoms with Crippen molar-refractivity contribution >= 4 is 0 Å². The molecule has 2 nitrogen and oxygen atoms in total. The Morgan fingerprint density at radius 2 is 1.93 bits per heavy atom. The van der Waals surface area contributed by atoms with Gasteiger partial charge in [0.1, 0.15) is 0 Å². The van der Waals surface area contributed by atoms with Gasteiger partial charge in [-0.2, -0.15) is 0 Å². The van der Waals surface area contributed by atoms with Crippen LogP contribution in [0.15, 0.2) is 0 Å². The molecule has 0 bridgehead atoms. The summed E-state index contributed by atoms with van der Waals surface area (Å²) in [6, 6.07) is 2.24. The first-order chi connectivity index (χ1) is 6.68. The van der Waals surface area contributed by atoms with Crippen molar-refractivity contribution in [1.29, 1.82) is 0 Å². The van der Waals surface area contributed by atoms with Gasteiger partial charge in [0, 0.05) is 24.7 Å². The molecule has 1 N–H and O–H groups in total. The smallest absolute Gasteiger partial charge is 0.0223 e. The van der Waals surface area contributed by atoms with E-state index >= 15 is 0 Å². The molecule has 1 heterocycles. The van der Waals surface area contributed by atoms with E-state index in [9.17, 15) is 0 Å². The van der Waals surface area contributed by atoms with Crippen LogP contribution < -0.4 is 5.32 Å². The molecule has 0 radical (unpaired) electrons. The Hall–Kier alpha value is -0.0800. The minimum atomic E-state index is 0.700. The van der Waals surface area contributed by atoms with Gasteiger partial charge in [0.25, 0.3) is 0 Å². The summed E-state index contributed by atoms with van der Waals surface area (Å²) in [7, 11) is 0. The molecular weight excluding hydrogens is 172 g/mol. The molecule has 0 aromatic rings. The van der Waals surface area contributed by atoms with Gasteiger partial charge in [-0.1, -0.05) is 0 Å². The topological polar surface area (TPSA) is 15.3 Å². The predicted octanol–water partition coefficient (Wildman–Crippen LogP) is 1.86. The molecule has 1 aliphatic heterocycles. The summed E-state index contributed by atoms with van der Waals surface area (Å²) in [4.78, 5) is 2.67. The van der Waals surface area contributed by atoms with Crippen molar-refractivity contribution in [3.63, 3.8) is 0 Å². The first kappa shape index (κ1) is 10.4. The van der Waals surface area contributed by atoms with Gasteiger partial charge < -0.3 is 5.32 Å². The Kier molecular flexibility index (Phi) is 3.13. The monoisotopic (exact) mass is 196 g/mol. The van der Waals surface area contributed by atoms with Gasteiger partial charge in [0.2, 0.25) is 0 Å². The maximum Gasteiger partial charge on any atom is 0.0223 e. The molecular formula is C12H24N2. The summed E-state index contributed by atoms with van der Waals surface area (Å²) in [6.07, 6.45) is 4.22. The summed E-state index contributed by atoms with van der Waals surface area (Å²) in [5.74, 6) is 0.988. The molecule has 2 unspecified atom stereocenters. The van der Waals surface area contributed by atoms with Crippen molar-refractivity contribution in [3.05, 3.63) is 0 Å². The van der Waals surface area contributed by atoms with Crippen LogP contribution in [-0.4, -0.2) is 36.1 Å². The Morgan fingerprint density at radius 3 is 2.50 bits per heavy atom. The zero-order chi connectivity index (χ0) is 10.1. The minimum absolute atomic E-state index is 0.700. The van der Waals surface area contributed by atoms with E-state index in [1.807, 2.05) is 0 Å². The second-order valence-corrected chi connectivity index (χ2v) is 5.33. The van der Waals surface area contributed by atoms with E-state index < -0.39 is 0 Å². The molecule has 1 saturated carbocycles. The average Bonchev–Trinajstić information content (AvgIpc) is 2.89. The zero-order valence-corrected chi connectivity index (χ0v) is 9.79. The van der Waals surface area contributed by atoms with Crippen LogP contribution in [0.4, 0.5) is 0 Å². The summed E-state index contributed by atoms with van der Waals surface area (Å²) >= 11 is 0. The first-order valence-electron chi connectivity index (χ1n) is 6.17. The number of hydrogen-bond donors (Lipinski definition) is 1. The summed E-state index contributed by atoms with van der Waals surface area (Å²) in [6.45, 7) is 9.50. The van der Waals surface area contributed by atoms with Crippen molar-refractivity contribution in [2.75, 3.05) is 13.1 Å². The number of nitrogens with zero attached hydrogens (tertiary/aromatic N) is 1. The highest BCUT2D eigenvalue weighted by Gasteiger charge is 2.35. The molecule has 2 aliphatic rings. The molecule has 2 rings (SSSR count). The molecule has 1 saturated heterocycles. The van der Waals surface area contributed by atoms with Gasteiger partial charge in [-0.15, -0.1) is 0 Å². The zero-order valence-electron chi connectivity index (χ0n) is 9.79. The average molecular weight is 196 g/mol. The molecule has 1 aliphatic carbocycles. The van der Waals surface area contributed by atoms with E-state index in [4.69, 9.17) is 0 Å². The fourth-order valence-electron chi connectivity index (χ4n) is 2.65. The fourth-order valence-corrected chi connectivity index (χ4v) is 2.65. The molecule has 2 fully saturated rings. The SMILES string of the molecule is CC(C)N1CC(C2CC2)NCCC1C. The third-order valence-corrected chi connectivity index (χ3v) is 3.80. The minimum Gasteiger partial charge on any atom is -0.312 e. The van der Waals surface area contributed by atoms with Crippen molar-refractivity contribution in [2.45, 2.75) is 58.2 Å². The molecule has 2 atom stereocenters. The van der Waals surface area contributed by atoms with Crippen LogP contribution >= 0.6 is 0 Å². The molecule has 0 spiro atoms. The van der Waals surface area contributed by atoms with Crippen LogP contribution in [0.1, 0.15) is 40.0 Å². The van der Waals surface area contributed by atoms with Gasteiger partial charge in [-0.25, -0.2) is 0 Å². The lowest BCUT2D eigenvalue weighted by Crippen LogP contribution is -2.44. The second-order valence-electron chi connectivity index (χ2n) is 5.33. The van der Waals surface area contributed by atoms with E-state index in [1.54, 1.807) is 0 Å². The summed E-state index contributed by atoms with van der Waals surface area (Å²) < 4.78 is 0. The van der Waals surface area contributed by atoms with Crippen molar-refractivity contribution in [1.82, 2.24) is 10.2 Å². The van der Waals surface area contributed by atoms with Crippen LogP contribution in [0, 0.1) is 5.92 Å². The van der Waals surface area contributed by atoms with Gasteiger partial charge in [0.15, 0.2) is 0 Å². The van der Waals surface area contributed by atoms with Crippen LogP contribution in [-0.2, 0) is 0 Å². The van der Waals surface area contributed by atoms with Crippen molar-refractivity contribution < 1.29 is 0 Å². The lowest BCUT2D eigenvalue weighted by molar-refractivity contribution is 0.156. The molecule has 0 amide bonds. The molecule has 0 aromatic carbocycles. The largest absolute Gasteiger partial charge is 0.312 e. The molecule has 14 heavy (non-hydrogen) atoms. The predicted molar refractivity (Wildman–Crippen MR) is 60.4 cm³/mol. The highest BCUT2D eigenvalue weighted by atomic mass is 15.2.